The predicted octanol–water partition coefficient (Wildman–Crippen LogP) is 4.59. The Kier molecular flexibility index (Phi) is 4.92. The number of hydrogen-bond donors (Lipinski definition) is 0. The number of anilines is 1. The van der Waals surface area contributed by atoms with Crippen LogP contribution < -0.4 is 4.90 Å². The molecule has 2 aliphatic rings. The predicted molar refractivity (Wildman–Crippen MR) is 124 cm³/mol. The maximum atomic E-state index is 5.97. The number of benzene rings is 1. The van der Waals surface area contributed by atoms with Crippen molar-refractivity contribution >= 4 is 27.4 Å². The van der Waals surface area contributed by atoms with E-state index in [4.69, 9.17) is 14.7 Å². The first kappa shape index (κ1) is 19.0. The minimum Gasteiger partial charge on any atom is -0.379 e. The van der Waals surface area contributed by atoms with Crippen LogP contribution in [-0.2, 0) is 11.2 Å². The molecule has 7 heteroatoms. The van der Waals surface area contributed by atoms with Gasteiger partial charge in [-0.3, -0.25) is 4.98 Å². The minimum absolute atomic E-state index is 0.266. The summed E-state index contributed by atoms with van der Waals surface area (Å²) in [5.41, 5.74) is 2.39. The van der Waals surface area contributed by atoms with E-state index in [1.807, 2.05) is 24.7 Å². The molecule has 4 aromatic rings. The van der Waals surface area contributed by atoms with E-state index in [-0.39, 0.29) is 6.04 Å². The van der Waals surface area contributed by atoms with Gasteiger partial charge in [0.15, 0.2) is 11.0 Å². The minimum atomic E-state index is 0.266. The second-order valence-electron chi connectivity index (χ2n) is 8.42. The summed E-state index contributed by atoms with van der Waals surface area (Å²) in [6.07, 6.45) is 11.4. The maximum Gasteiger partial charge on any atom is 0.185 e. The highest BCUT2D eigenvalue weighted by atomic mass is 32.1. The Balaban J connectivity index is 1.28. The molecule has 31 heavy (non-hydrogen) atoms. The molecule has 2 saturated heterocycles. The molecule has 0 radical (unpaired) electrons. The molecule has 2 atom stereocenters. The molecule has 3 aromatic heterocycles. The number of aromatic nitrogens is 4. The molecule has 0 amide bonds. The van der Waals surface area contributed by atoms with Gasteiger partial charge in [0.1, 0.15) is 0 Å². The summed E-state index contributed by atoms with van der Waals surface area (Å²) in [5, 5.41) is 2.35. The second kappa shape index (κ2) is 8.05. The van der Waals surface area contributed by atoms with Crippen molar-refractivity contribution in [3.05, 3.63) is 60.7 Å². The third-order valence-electron chi connectivity index (χ3n) is 6.50. The van der Waals surface area contributed by atoms with Crippen molar-refractivity contribution < 1.29 is 4.74 Å². The Hall–Kier alpha value is -2.77. The van der Waals surface area contributed by atoms with Crippen LogP contribution in [0.25, 0.3) is 21.6 Å². The van der Waals surface area contributed by atoms with E-state index >= 15 is 0 Å². The Bertz CT molecular complexity index is 1190. The molecule has 5 heterocycles. The Labute approximate surface area is 185 Å². The first-order valence-corrected chi connectivity index (χ1v) is 11.8. The molecule has 158 valence electrons. The lowest BCUT2D eigenvalue weighted by atomic mass is 9.93. The molecule has 0 saturated carbocycles. The van der Waals surface area contributed by atoms with Crippen LogP contribution in [0.2, 0.25) is 0 Å². The summed E-state index contributed by atoms with van der Waals surface area (Å²) < 4.78 is 8.28. The highest BCUT2D eigenvalue weighted by Gasteiger charge is 2.32. The first-order chi connectivity index (χ1) is 15.4. The molecule has 0 spiro atoms. The van der Waals surface area contributed by atoms with Gasteiger partial charge in [0.05, 0.1) is 35.8 Å². The lowest BCUT2D eigenvalue weighted by molar-refractivity contribution is 0.181. The van der Waals surface area contributed by atoms with Crippen LogP contribution in [0, 0.1) is 5.92 Å². The average Bonchev–Trinajstić information content (AvgIpc) is 3.60. The van der Waals surface area contributed by atoms with Crippen molar-refractivity contribution in [3.8, 4) is 10.7 Å². The quantitative estimate of drug-likeness (QED) is 0.463. The topological polar surface area (TPSA) is 56.1 Å². The van der Waals surface area contributed by atoms with E-state index in [1.165, 1.54) is 23.8 Å². The van der Waals surface area contributed by atoms with Crippen molar-refractivity contribution in [1.82, 2.24) is 19.5 Å². The van der Waals surface area contributed by atoms with Crippen molar-refractivity contribution in [1.29, 1.82) is 0 Å². The zero-order valence-electron chi connectivity index (χ0n) is 17.4. The normalized spacial score (nSPS) is 21.4. The molecular formula is C24H25N5OS. The number of rotatable bonds is 5. The van der Waals surface area contributed by atoms with E-state index in [1.54, 1.807) is 11.3 Å². The van der Waals surface area contributed by atoms with Gasteiger partial charge in [-0.2, -0.15) is 0 Å². The Morgan fingerprint density at radius 1 is 1.00 bits per heavy atom. The summed E-state index contributed by atoms with van der Waals surface area (Å²) in [5.74, 6) is 1.40. The standard InChI is InChI=1S/C24H25N5OS/c1-2-6-20-19(5-1)17(7-8-25-20)13-18-15-30-16-21(18)29-12-9-26-23(29)22-14-27-24(31-22)28-10-3-4-11-28/h1-2,5-9,12,14,18,21H,3-4,10-11,13,15-16H2/t18-,21-/m1/s1. The van der Waals surface area contributed by atoms with Crippen LogP contribution in [0.4, 0.5) is 5.13 Å². The molecular weight excluding hydrogens is 406 g/mol. The number of nitrogens with zero attached hydrogens (tertiary/aromatic N) is 5. The van der Waals surface area contributed by atoms with E-state index in [9.17, 15) is 0 Å². The molecule has 0 N–H and O–H groups in total. The fourth-order valence-corrected chi connectivity index (χ4v) is 5.87. The second-order valence-corrected chi connectivity index (χ2v) is 9.42. The number of fused-ring (bicyclic) bond motifs is 1. The van der Waals surface area contributed by atoms with Crippen LogP contribution in [0.3, 0.4) is 0 Å². The molecule has 6 rings (SSSR count). The van der Waals surface area contributed by atoms with Crippen molar-refractivity contribution in [2.75, 3.05) is 31.2 Å². The van der Waals surface area contributed by atoms with Gasteiger partial charge in [-0.25, -0.2) is 9.97 Å². The van der Waals surface area contributed by atoms with Gasteiger partial charge in [-0.05, 0) is 37.0 Å². The number of imidazole rings is 1. The van der Waals surface area contributed by atoms with Crippen molar-refractivity contribution in [2.45, 2.75) is 25.3 Å². The highest BCUT2D eigenvalue weighted by molar-refractivity contribution is 7.18. The number of hydrogen-bond acceptors (Lipinski definition) is 6. The van der Waals surface area contributed by atoms with E-state index in [2.05, 4.69) is 44.9 Å². The number of ether oxygens (including phenoxy) is 1. The Morgan fingerprint density at radius 2 is 1.90 bits per heavy atom. The van der Waals surface area contributed by atoms with Gasteiger partial charge in [0.25, 0.3) is 0 Å². The third kappa shape index (κ3) is 3.51. The zero-order chi connectivity index (χ0) is 20.6. The van der Waals surface area contributed by atoms with Gasteiger partial charge >= 0.3 is 0 Å². The summed E-state index contributed by atoms with van der Waals surface area (Å²) in [6.45, 7) is 3.70. The summed E-state index contributed by atoms with van der Waals surface area (Å²) in [7, 11) is 0. The summed E-state index contributed by atoms with van der Waals surface area (Å²) in [4.78, 5) is 17.4. The van der Waals surface area contributed by atoms with Crippen LogP contribution in [0.5, 0.6) is 0 Å². The molecule has 2 fully saturated rings. The van der Waals surface area contributed by atoms with E-state index in [0.29, 0.717) is 5.92 Å². The lowest BCUT2D eigenvalue weighted by Gasteiger charge is -2.21. The van der Waals surface area contributed by atoms with E-state index in [0.717, 1.165) is 54.1 Å². The molecule has 0 unspecified atom stereocenters. The molecule has 0 bridgehead atoms. The van der Waals surface area contributed by atoms with Crippen molar-refractivity contribution in [2.24, 2.45) is 5.92 Å². The number of thiazole rings is 1. The van der Waals surface area contributed by atoms with Crippen LogP contribution in [0.15, 0.2) is 55.1 Å². The third-order valence-corrected chi connectivity index (χ3v) is 7.56. The fraction of sp³-hybridized carbons (Fsp3) is 0.375. The van der Waals surface area contributed by atoms with Crippen LogP contribution in [0.1, 0.15) is 24.4 Å². The molecule has 0 aliphatic carbocycles. The van der Waals surface area contributed by atoms with Crippen LogP contribution in [-0.4, -0.2) is 45.8 Å². The first-order valence-electron chi connectivity index (χ1n) is 11.0. The summed E-state index contributed by atoms with van der Waals surface area (Å²) >= 11 is 1.75. The smallest absolute Gasteiger partial charge is 0.185 e. The molecule has 2 aliphatic heterocycles. The highest BCUT2D eigenvalue weighted by Crippen LogP contribution is 2.37. The lowest BCUT2D eigenvalue weighted by Crippen LogP contribution is -2.20. The monoisotopic (exact) mass is 431 g/mol. The SMILES string of the molecule is c1ccc2c(C[C@@H]3COC[C@H]3n3ccnc3-c3cnc(N4CCCC4)s3)ccnc2c1. The average molecular weight is 432 g/mol. The largest absolute Gasteiger partial charge is 0.379 e. The number of pyridine rings is 1. The zero-order valence-corrected chi connectivity index (χ0v) is 18.2. The van der Waals surface area contributed by atoms with Gasteiger partial charge in [-0.15, -0.1) is 0 Å². The fourth-order valence-electron chi connectivity index (χ4n) is 4.90. The summed E-state index contributed by atoms with van der Waals surface area (Å²) in [6, 6.07) is 10.8. The van der Waals surface area contributed by atoms with Crippen LogP contribution >= 0.6 is 11.3 Å². The van der Waals surface area contributed by atoms with E-state index < -0.39 is 0 Å². The Morgan fingerprint density at radius 3 is 2.84 bits per heavy atom. The van der Waals surface area contributed by atoms with Gasteiger partial charge in [0.2, 0.25) is 0 Å². The van der Waals surface area contributed by atoms with Gasteiger partial charge < -0.3 is 14.2 Å². The molecule has 6 nitrogen and oxygen atoms in total. The molecule has 1 aromatic carbocycles. The maximum absolute atomic E-state index is 5.97. The van der Waals surface area contributed by atoms with Gasteiger partial charge in [-0.1, -0.05) is 29.5 Å². The number of para-hydroxylation sites is 1. The van der Waals surface area contributed by atoms with Crippen molar-refractivity contribution in [3.63, 3.8) is 0 Å². The van der Waals surface area contributed by atoms with Gasteiger partial charge in [0, 0.05) is 43.0 Å².